The predicted molar refractivity (Wildman–Crippen MR) is 51.4 cm³/mol. The van der Waals surface area contributed by atoms with Gasteiger partial charge >= 0.3 is 0 Å². The van der Waals surface area contributed by atoms with Crippen molar-refractivity contribution in [2.45, 2.75) is 39.0 Å². The summed E-state index contributed by atoms with van der Waals surface area (Å²) in [4.78, 5) is 0. The van der Waals surface area contributed by atoms with Gasteiger partial charge in [0.1, 0.15) is 0 Å². The number of hydrogen-bond acceptors (Lipinski definition) is 1. The van der Waals surface area contributed by atoms with Crippen LogP contribution in [0, 0.1) is 11.8 Å². The van der Waals surface area contributed by atoms with E-state index in [1.807, 2.05) is 0 Å². The van der Waals surface area contributed by atoms with E-state index in [1.165, 1.54) is 32.1 Å². The standard InChI is InChI=1S/C9H19OP/c1-2-8-4-3-5-9(6-8)7-10-11/h8-9H,2-7,11H2,1H3. The molecule has 1 nitrogen and oxygen atoms in total. The summed E-state index contributed by atoms with van der Waals surface area (Å²) in [5.74, 6) is 1.82. The predicted octanol–water partition coefficient (Wildman–Crippen LogP) is 3.01. The van der Waals surface area contributed by atoms with Gasteiger partial charge in [0.2, 0.25) is 0 Å². The molecule has 0 saturated heterocycles. The molecule has 1 aliphatic rings. The van der Waals surface area contributed by atoms with Crippen LogP contribution in [0.1, 0.15) is 39.0 Å². The van der Waals surface area contributed by atoms with Gasteiger partial charge in [0.25, 0.3) is 0 Å². The SMILES string of the molecule is CCC1CCCC(COP)C1. The van der Waals surface area contributed by atoms with Gasteiger partial charge in [0.05, 0.1) is 6.61 Å². The van der Waals surface area contributed by atoms with Crippen LogP contribution < -0.4 is 0 Å². The van der Waals surface area contributed by atoms with Crippen molar-refractivity contribution >= 4 is 9.47 Å². The van der Waals surface area contributed by atoms with Crippen molar-refractivity contribution in [2.75, 3.05) is 6.61 Å². The lowest BCUT2D eigenvalue weighted by atomic mass is 9.81. The minimum atomic E-state index is 0.839. The third-order valence-corrected chi connectivity index (χ3v) is 2.99. The van der Waals surface area contributed by atoms with Crippen molar-refractivity contribution in [3.05, 3.63) is 0 Å². The van der Waals surface area contributed by atoms with Gasteiger partial charge in [-0.25, -0.2) is 0 Å². The van der Waals surface area contributed by atoms with Gasteiger partial charge in [-0.15, -0.1) is 0 Å². The first-order chi connectivity index (χ1) is 5.36. The molecule has 1 rings (SSSR count). The third-order valence-electron chi connectivity index (χ3n) is 2.80. The molecule has 0 aromatic rings. The van der Waals surface area contributed by atoms with Gasteiger partial charge in [-0.2, -0.15) is 0 Å². The molecule has 0 bridgehead atoms. The molecule has 0 radical (unpaired) electrons. The van der Waals surface area contributed by atoms with E-state index in [2.05, 4.69) is 16.4 Å². The molecule has 1 saturated carbocycles. The van der Waals surface area contributed by atoms with Crippen molar-refractivity contribution in [2.24, 2.45) is 11.8 Å². The van der Waals surface area contributed by atoms with Crippen LogP contribution in [0.5, 0.6) is 0 Å². The average Bonchev–Trinajstić information content (AvgIpc) is 2.06. The Bertz CT molecular complexity index is 104. The summed E-state index contributed by atoms with van der Waals surface area (Å²) in [7, 11) is 2.35. The highest BCUT2D eigenvalue weighted by Gasteiger charge is 2.19. The van der Waals surface area contributed by atoms with E-state index in [0.29, 0.717) is 0 Å². The summed E-state index contributed by atoms with van der Waals surface area (Å²) in [6.07, 6.45) is 6.99. The lowest BCUT2D eigenvalue weighted by molar-refractivity contribution is 0.190. The van der Waals surface area contributed by atoms with Crippen LogP contribution in [-0.2, 0) is 4.52 Å². The Labute approximate surface area is 72.2 Å². The van der Waals surface area contributed by atoms with Crippen LogP contribution >= 0.6 is 9.47 Å². The van der Waals surface area contributed by atoms with Gasteiger partial charge in [-0.3, -0.25) is 0 Å². The highest BCUT2D eigenvalue weighted by atomic mass is 31.0. The Morgan fingerprint density at radius 1 is 1.36 bits per heavy atom. The smallest absolute Gasteiger partial charge is 0.0530 e. The zero-order chi connectivity index (χ0) is 8.10. The largest absolute Gasteiger partial charge is 0.365 e. The summed E-state index contributed by atoms with van der Waals surface area (Å²) in [6.45, 7) is 3.25. The lowest BCUT2D eigenvalue weighted by Gasteiger charge is -2.27. The van der Waals surface area contributed by atoms with Crippen LogP contribution in [0.3, 0.4) is 0 Å². The Morgan fingerprint density at radius 3 is 2.73 bits per heavy atom. The van der Waals surface area contributed by atoms with E-state index in [9.17, 15) is 0 Å². The quantitative estimate of drug-likeness (QED) is 0.597. The number of rotatable bonds is 3. The fourth-order valence-corrected chi connectivity index (χ4v) is 2.33. The highest BCUT2D eigenvalue weighted by Crippen LogP contribution is 2.31. The first kappa shape index (κ1) is 9.48. The first-order valence-corrected chi connectivity index (χ1v) is 5.15. The van der Waals surface area contributed by atoms with E-state index in [1.54, 1.807) is 0 Å². The first-order valence-electron chi connectivity index (χ1n) is 4.68. The Balaban J connectivity index is 2.21. The van der Waals surface area contributed by atoms with Gasteiger partial charge in [-0.05, 0) is 24.7 Å². The molecule has 1 aliphatic carbocycles. The van der Waals surface area contributed by atoms with Crippen molar-refractivity contribution in [1.29, 1.82) is 0 Å². The topological polar surface area (TPSA) is 9.23 Å². The monoisotopic (exact) mass is 174 g/mol. The molecule has 0 N–H and O–H groups in total. The molecule has 3 atom stereocenters. The summed E-state index contributed by atoms with van der Waals surface area (Å²) in [5, 5.41) is 0. The molecule has 1 fully saturated rings. The summed E-state index contributed by atoms with van der Waals surface area (Å²) in [5.41, 5.74) is 0. The van der Waals surface area contributed by atoms with Crippen LogP contribution in [-0.4, -0.2) is 6.61 Å². The fraction of sp³-hybridized carbons (Fsp3) is 1.00. The van der Waals surface area contributed by atoms with Gasteiger partial charge in [0, 0.05) is 9.47 Å². The van der Waals surface area contributed by atoms with Gasteiger partial charge in [-0.1, -0.05) is 26.2 Å². The molecular formula is C9H19OP. The summed E-state index contributed by atoms with van der Waals surface area (Å²) < 4.78 is 5.09. The highest BCUT2D eigenvalue weighted by molar-refractivity contribution is 7.09. The van der Waals surface area contributed by atoms with Crippen LogP contribution in [0.4, 0.5) is 0 Å². The molecule has 0 aromatic heterocycles. The summed E-state index contributed by atoms with van der Waals surface area (Å²) >= 11 is 0. The molecular weight excluding hydrogens is 155 g/mol. The number of hydrogen-bond donors (Lipinski definition) is 0. The van der Waals surface area contributed by atoms with Gasteiger partial charge in [0.15, 0.2) is 0 Å². The fourth-order valence-electron chi connectivity index (χ4n) is 2.06. The van der Waals surface area contributed by atoms with Gasteiger partial charge < -0.3 is 4.52 Å². The van der Waals surface area contributed by atoms with Crippen molar-refractivity contribution in [3.8, 4) is 0 Å². The van der Waals surface area contributed by atoms with Crippen molar-refractivity contribution in [3.63, 3.8) is 0 Å². The maximum atomic E-state index is 5.09. The van der Waals surface area contributed by atoms with E-state index in [-0.39, 0.29) is 0 Å². The molecule has 0 amide bonds. The second-order valence-electron chi connectivity index (χ2n) is 3.64. The van der Waals surface area contributed by atoms with Crippen molar-refractivity contribution in [1.82, 2.24) is 0 Å². The van der Waals surface area contributed by atoms with E-state index >= 15 is 0 Å². The average molecular weight is 174 g/mol. The van der Waals surface area contributed by atoms with Crippen LogP contribution in [0.25, 0.3) is 0 Å². The maximum absolute atomic E-state index is 5.09. The van der Waals surface area contributed by atoms with Crippen LogP contribution in [0.15, 0.2) is 0 Å². The second kappa shape index (κ2) is 5.11. The molecule has 2 heteroatoms. The second-order valence-corrected chi connectivity index (χ2v) is 3.97. The lowest BCUT2D eigenvalue weighted by Crippen LogP contribution is -2.17. The Kier molecular flexibility index (Phi) is 4.40. The Hall–Kier alpha value is 0.390. The molecule has 66 valence electrons. The minimum absolute atomic E-state index is 0.839. The molecule has 0 spiro atoms. The maximum Gasteiger partial charge on any atom is 0.0530 e. The third kappa shape index (κ3) is 3.09. The Morgan fingerprint density at radius 2 is 2.09 bits per heavy atom. The summed E-state index contributed by atoms with van der Waals surface area (Å²) in [6, 6.07) is 0. The van der Waals surface area contributed by atoms with Crippen LogP contribution in [0.2, 0.25) is 0 Å². The van der Waals surface area contributed by atoms with E-state index < -0.39 is 0 Å². The zero-order valence-electron chi connectivity index (χ0n) is 7.38. The van der Waals surface area contributed by atoms with Crippen molar-refractivity contribution < 1.29 is 4.52 Å². The molecule has 0 aliphatic heterocycles. The molecule has 11 heavy (non-hydrogen) atoms. The molecule has 0 aromatic carbocycles. The molecule has 3 unspecified atom stereocenters. The molecule has 0 heterocycles. The zero-order valence-corrected chi connectivity index (χ0v) is 8.54. The van der Waals surface area contributed by atoms with E-state index in [0.717, 1.165) is 18.4 Å². The van der Waals surface area contributed by atoms with E-state index in [4.69, 9.17) is 4.52 Å². The normalized spacial score (nSPS) is 32.2. The minimum Gasteiger partial charge on any atom is -0.365 e.